The number of nitrogens with zero attached hydrogens (tertiary/aromatic N) is 3. The second kappa shape index (κ2) is 7.14. The molecule has 2 heterocycles. The average Bonchev–Trinajstić information content (AvgIpc) is 2.61. The van der Waals surface area contributed by atoms with Crippen molar-refractivity contribution in [2.24, 2.45) is 0 Å². The van der Waals surface area contributed by atoms with Crippen LogP contribution in [-0.2, 0) is 16.8 Å². The summed E-state index contributed by atoms with van der Waals surface area (Å²) in [5, 5.41) is 3.12. The number of para-hydroxylation sites is 1. The minimum atomic E-state index is -0.538. The van der Waals surface area contributed by atoms with E-state index in [0.717, 1.165) is 0 Å². The summed E-state index contributed by atoms with van der Waals surface area (Å²) >= 11 is 0. The molecule has 8 heteroatoms. The summed E-state index contributed by atoms with van der Waals surface area (Å²) in [4.78, 5) is 47.0. The molecule has 8 nitrogen and oxygen atoms in total. The highest BCUT2D eigenvalue weighted by molar-refractivity contribution is 5.90. The summed E-state index contributed by atoms with van der Waals surface area (Å²) in [6, 6.07) is 6.79. The van der Waals surface area contributed by atoms with Crippen molar-refractivity contribution in [3.8, 4) is 0 Å². The molecule has 2 aromatic heterocycles. The van der Waals surface area contributed by atoms with Gasteiger partial charge >= 0.3 is 5.69 Å². The average molecular weight is 367 g/mol. The van der Waals surface area contributed by atoms with Crippen molar-refractivity contribution in [3.63, 3.8) is 0 Å². The van der Waals surface area contributed by atoms with Crippen LogP contribution in [0.25, 0.3) is 10.9 Å². The van der Waals surface area contributed by atoms with Crippen LogP contribution in [0.15, 0.2) is 46.2 Å². The van der Waals surface area contributed by atoms with Crippen LogP contribution >= 0.6 is 0 Å². The lowest BCUT2D eigenvalue weighted by Gasteiger charge is -2.16. The van der Waals surface area contributed by atoms with Crippen LogP contribution in [0.5, 0.6) is 0 Å². The molecule has 1 amide bonds. The van der Waals surface area contributed by atoms with Crippen LogP contribution < -0.4 is 16.6 Å². The number of carbonyl (C=O) groups excluding carboxylic acids is 1. The number of hydrogen-bond donors (Lipinski definition) is 2. The monoisotopic (exact) mass is 367 g/mol. The van der Waals surface area contributed by atoms with Gasteiger partial charge in [0.1, 0.15) is 5.82 Å². The normalized spacial score (nSPS) is 11.5. The third-order valence-electron chi connectivity index (χ3n) is 4.07. The van der Waals surface area contributed by atoms with Crippen molar-refractivity contribution in [1.82, 2.24) is 19.5 Å². The molecule has 0 fully saturated rings. The van der Waals surface area contributed by atoms with Crippen LogP contribution in [0.1, 0.15) is 33.0 Å². The van der Waals surface area contributed by atoms with Crippen LogP contribution in [0, 0.1) is 0 Å². The maximum absolute atomic E-state index is 12.2. The Balaban J connectivity index is 1.72. The van der Waals surface area contributed by atoms with Gasteiger partial charge in [0.05, 0.1) is 29.0 Å². The molecule has 0 atom stereocenters. The molecule has 0 radical (unpaired) electrons. The first-order valence-electron chi connectivity index (χ1n) is 8.60. The molecule has 0 unspecified atom stereocenters. The van der Waals surface area contributed by atoms with Crippen LogP contribution in [-0.4, -0.2) is 25.4 Å². The second-order valence-electron chi connectivity index (χ2n) is 7.27. The van der Waals surface area contributed by atoms with E-state index >= 15 is 0 Å². The third-order valence-corrected chi connectivity index (χ3v) is 4.07. The fourth-order valence-electron chi connectivity index (χ4n) is 2.68. The summed E-state index contributed by atoms with van der Waals surface area (Å²) in [7, 11) is 0. The first-order valence-corrected chi connectivity index (χ1v) is 8.60. The van der Waals surface area contributed by atoms with Gasteiger partial charge in [-0.15, -0.1) is 0 Å². The minimum absolute atomic E-state index is 0.0664. The highest BCUT2D eigenvalue weighted by Crippen LogP contribution is 2.18. The van der Waals surface area contributed by atoms with Crippen molar-refractivity contribution in [1.29, 1.82) is 0 Å². The number of aryl methyl sites for hydroxylation is 1. The Hall–Kier alpha value is -3.29. The summed E-state index contributed by atoms with van der Waals surface area (Å²) in [5.74, 6) is 0.413. The predicted octanol–water partition coefficient (Wildman–Crippen LogP) is 1.81. The molecule has 0 bridgehead atoms. The Morgan fingerprint density at radius 3 is 2.48 bits per heavy atom. The number of benzene rings is 1. The highest BCUT2D eigenvalue weighted by Gasteiger charge is 2.17. The number of nitrogens with one attached hydrogen (secondary N) is 2. The molecule has 0 aliphatic rings. The van der Waals surface area contributed by atoms with Gasteiger partial charge in [-0.1, -0.05) is 32.9 Å². The molecule has 0 spiro atoms. The minimum Gasteiger partial charge on any atom is -0.323 e. The van der Waals surface area contributed by atoms with Crippen LogP contribution in [0.2, 0.25) is 0 Å². The van der Waals surface area contributed by atoms with Crippen LogP contribution in [0.4, 0.5) is 5.69 Å². The molecule has 2 N–H and O–H groups in total. The Morgan fingerprint density at radius 1 is 1.15 bits per heavy atom. The van der Waals surface area contributed by atoms with Gasteiger partial charge in [0.25, 0.3) is 5.56 Å². The number of rotatable bonds is 4. The van der Waals surface area contributed by atoms with E-state index in [1.807, 2.05) is 20.8 Å². The fourth-order valence-corrected chi connectivity index (χ4v) is 2.68. The second-order valence-corrected chi connectivity index (χ2v) is 7.27. The van der Waals surface area contributed by atoms with Crippen molar-refractivity contribution in [3.05, 3.63) is 63.3 Å². The van der Waals surface area contributed by atoms with Crippen molar-refractivity contribution < 1.29 is 4.79 Å². The molecular weight excluding hydrogens is 346 g/mol. The van der Waals surface area contributed by atoms with Gasteiger partial charge in [-0.3, -0.25) is 19.1 Å². The van der Waals surface area contributed by atoms with E-state index in [1.165, 1.54) is 4.57 Å². The summed E-state index contributed by atoms with van der Waals surface area (Å²) in [6.45, 7) is 6.16. The molecule has 1 aromatic carbocycles. The number of anilines is 1. The maximum atomic E-state index is 12.2. The molecular formula is C19H21N5O3. The zero-order valence-electron chi connectivity index (χ0n) is 15.4. The van der Waals surface area contributed by atoms with Crippen molar-refractivity contribution in [2.45, 2.75) is 39.2 Å². The lowest BCUT2D eigenvalue weighted by Crippen LogP contribution is -2.31. The molecule has 140 valence electrons. The van der Waals surface area contributed by atoms with Gasteiger partial charge in [0.2, 0.25) is 5.91 Å². The van der Waals surface area contributed by atoms with E-state index in [4.69, 9.17) is 0 Å². The molecule has 0 saturated carbocycles. The first kappa shape index (κ1) is 18.5. The molecule has 27 heavy (non-hydrogen) atoms. The predicted molar refractivity (Wildman–Crippen MR) is 103 cm³/mol. The van der Waals surface area contributed by atoms with Crippen LogP contribution in [0.3, 0.4) is 0 Å². The van der Waals surface area contributed by atoms with Gasteiger partial charge in [0.15, 0.2) is 0 Å². The SMILES string of the molecule is CC(C)(C)c1ncc(NC(=O)CCn2c(=O)[nH]c(=O)c3ccccc32)cn1. The summed E-state index contributed by atoms with van der Waals surface area (Å²) in [6.07, 6.45) is 3.19. The van der Waals surface area contributed by atoms with Gasteiger partial charge in [-0.05, 0) is 12.1 Å². The molecule has 3 rings (SSSR count). The van der Waals surface area contributed by atoms with Gasteiger partial charge in [-0.25, -0.2) is 14.8 Å². The molecule has 0 saturated heterocycles. The van der Waals surface area contributed by atoms with E-state index in [9.17, 15) is 14.4 Å². The molecule has 3 aromatic rings. The molecule has 0 aliphatic carbocycles. The standard InChI is InChI=1S/C19H21N5O3/c1-19(2,3)17-20-10-12(11-21-17)22-15(25)8-9-24-14-7-5-4-6-13(14)16(26)23-18(24)27/h4-7,10-11H,8-9H2,1-3H3,(H,22,25)(H,23,26,27). The number of fused-ring (bicyclic) bond motifs is 1. The van der Waals surface area contributed by atoms with Crippen molar-refractivity contribution >= 4 is 22.5 Å². The fraction of sp³-hybridized carbons (Fsp3) is 0.316. The van der Waals surface area contributed by atoms with E-state index in [-0.39, 0.29) is 24.3 Å². The summed E-state index contributed by atoms with van der Waals surface area (Å²) in [5.41, 5.74) is -0.157. The largest absolute Gasteiger partial charge is 0.328 e. The Morgan fingerprint density at radius 2 is 1.81 bits per heavy atom. The lowest BCUT2D eigenvalue weighted by atomic mass is 9.96. The number of carbonyl (C=O) groups is 1. The Labute approximate surface area is 155 Å². The highest BCUT2D eigenvalue weighted by atomic mass is 16.2. The number of aromatic amines is 1. The van der Waals surface area contributed by atoms with Gasteiger partial charge in [-0.2, -0.15) is 0 Å². The van der Waals surface area contributed by atoms with Gasteiger partial charge in [0, 0.05) is 18.4 Å². The maximum Gasteiger partial charge on any atom is 0.328 e. The quantitative estimate of drug-likeness (QED) is 0.731. The number of aromatic nitrogens is 4. The molecule has 0 aliphatic heterocycles. The smallest absolute Gasteiger partial charge is 0.323 e. The van der Waals surface area contributed by atoms with E-state index in [1.54, 1.807) is 36.7 Å². The first-order chi connectivity index (χ1) is 12.8. The zero-order valence-corrected chi connectivity index (χ0v) is 15.4. The van der Waals surface area contributed by atoms with E-state index in [2.05, 4.69) is 20.3 Å². The Bertz CT molecular complexity index is 1090. The summed E-state index contributed by atoms with van der Waals surface area (Å²) < 4.78 is 1.38. The lowest BCUT2D eigenvalue weighted by molar-refractivity contribution is -0.116. The van der Waals surface area contributed by atoms with Gasteiger partial charge < -0.3 is 5.32 Å². The number of H-pyrrole nitrogens is 1. The third kappa shape index (κ3) is 4.11. The number of amides is 1. The van der Waals surface area contributed by atoms with E-state index in [0.29, 0.717) is 22.4 Å². The topological polar surface area (TPSA) is 110 Å². The Kier molecular flexibility index (Phi) is 4.89. The van der Waals surface area contributed by atoms with Crippen molar-refractivity contribution in [2.75, 3.05) is 5.32 Å². The van der Waals surface area contributed by atoms with E-state index < -0.39 is 11.2 Å². The zero-order chi connectivity index (χ0) is 19.6. The number of hydrogen-bond acceptors (Lipinski definition) is 5.